The second kappa shape index (κ2) is 5.36. The van der Waals surface area contributed by atoms with E-state index in [9.17, 15) is 9.90 Å². The van der Waals surface area contributed by atoms with E-state index in [2.05, 4.69) is 15.9 Å². The topological polar surface area (TPSA) is 76.0 Å². The van der Waals surface area contributed by atoms with Crippen LogP contribution in [-0.2, 0) is 15.3 Å². The van der Waals surface area contributed by atoms with Gasteiger partial charge in [-0.05, 0) is 6.07 Å². The number of benzene rings is 1. The van der Waals surface area contributed by atoms with E-state index < -0.39 is 18.4 Å². The number of aliphatic hydroxyl groups excluding tert-OH is 1. The Bertz CT molecular complexity index is 450. The minimum Gasteiger partial charge on any atom is -0.478 e. The first kappa shape index (κ1) is 13.5. The maximum Gasteiger partial charge on any atom is 0.336 e. The van der Waals surface area contributed by atoms with Crippen molar-refractivity contribution < 1.29 is 24.5 Å². The molecule has 2 N–H and O–H groups in total. The zero-order valence-electron chi connectivity index (χ0n) is 9.51. The largest absolute Gasteiger partial charge is 0.478 e. The van der Waals surface area contributed by atoms with E-state index in [1.165, 1.54) is 6.07 Å². The van der Waals surface area contributed by atoms with Gasteiger partial charge in [-0.25, -0.2) is 4.79 Å². The molecular formula is C12H13BrO5. The lowest BCUT2D eigenvalue weighted by Crippen LogP contribution is -2.34. The van der Waals surface area contributed by atoms with Crippen LogP contribution >= 0.6 is 15.9 Å². The second-order valence-corrected chi connectivity index (χ2v) is 4.61. The molecule has 1 aliphatic rings. The maximum absolute atomic E-state index is 11.2. The molecule has 0 aromatic heterocycles. The summed E-state index contributed by atoms with van der Waals surface area (Å²) in [7, 11) is 0. The molecule has 1 saturated heterocycles. The number of hydrogen-bond donors (Lipinski definition) is 2. The van der Waals surface area contributed by atoms with Crippen LogP contribution in [0.15, 0.2) is 24.3 Å². The summed E-state index contributed by atoms with van der Waals surface area (Å²) >= 11 is 3.27. The van der Waals surface area contributed by atoms with Crippen LogP contribution in [-0.4, -0.2) is 40.8 Å². The van der Waals surface area contributed by atoms with Crippen LogP contribution < -0.4 is 0 Å². The molecule has 5 nitrogen and oxygen atoms in total. The molecule has 18 heavy (non-hydrogen) atoms. The number of carboxylic acid groups (broad SMARTS) is 1. The fourth-order valence-corrected chi connectivity index (χ4v) is 2.27. The highest BCUT2D eigenvalue weighted by Crippen LogP contribution is 2.36. The van der Waals surface area contributed by atoms with E-state index in [0.29, 0.717) is 17.5 Å². The molecule has 1 aromatic carbocycles. The molecule has 1 heterocycles. The summed E-state index contributed by atoms with van der Waals surface area (Å²) in [6.07, 6.45) is -0.209. The van der Waals surface area contributed by atoms with Gasteiger partial charge in [0.2, 0.25) is 5.79 Å². The van der Waals surface area contributed by atoms with Gasteiger partial charge in [-0.15, -0.1) is 0 Å². The van der Waals surface area contributed by atoms with Crippen LogP contribution in [0, 0.1) is 0 Å². The minimum absolute atomic E-state index is 0.0711. The van der Waals surface area contributed by atoms with Crippen LogP contribution in [0.5, 0.6) is 0 Å². The van der Waals surface area contributed by atoms with Gasteiger partial charge in [0.25, 0.3) is 0 Å². The highest BCUT2D eigenvalue weighted by molar-refractivity contribution is 9.09. The number of carboxylic acids is 1. The van der Waals surface area contributed by atoms with Crippen LogP contribution in [0.1, 0.15) is 15.9 Å². The Morgan fingerprint density at radius 3 is 2.78 bits per heavy atom. The number of alkyl halides is 1. The average Bonchev–Trinajstić information content (AvgIpc) is 2.83. The van der Waals surface area contributed by atoms with Crippen molar-refractivity contribution >= 4 is 21.9 Å². The van der Waals surface area contributed by atoms with Crippen molar-refractivity contribution in [3.63, 3.8) is 0 Å². The molecule has 6 heteroatoms. The Morgan fingerprint density at radius 1 is 1.50 bits per heavy atom. The molecule has 98 valence electrons. The Morgan fingerprint density at radius 2 is 2.22 bits per heavy atom. The van der Waals surface area contributed by atoms with Gasteiger partial charge in [0.05, 0.1) is 18.3 Å². The van der Waals surface area contributed by atoms with Gasteiger partial charge >= 0.3 is 5.97 Å². The average molecular weight is 317 g/mol. The van der Waals surface area contributed by atoms with Crippen molar-refractivity contribution in [1.29, 1.82) is 0 Å². The third kappa shape index (κ3) is 2.29. The third-order valence-electron chi connectivity index (χ3n) is 2.81. The molecular weight excluding hydrogens is 304 g/mol. The summed E-state index contributed by atoms with van der Waals surface area (Å²) in [5.74, 6) is -2.46. The van der Waals surface area contributed by atoms with Crippen molar-refractivity contribution in [1.82, 2.24) is 0 Å². The van der Waals surface area contributed by atoms with Crippen molar-refractivity contribution in [2.45, 2.75) is 11.9 Å². The number of rotatable bonds is 4. The first-order valence-electron chi connectivity index (χ1n) is 5.44. The Labute approximate surface area is 112 Å². The summed E-state index contributed by atoms with van der Waals surface area (Å²) in [6.45, 7) is -0.124. The maximum atomic E-state index is 11.2. The summed E-state index contributed by atoms with van der Waals surface area (Å²) in [6, 6.07) is 6.36. The first-order chi connectivity index (χ1) is 8.63. The van der Waals surface area contributed by atoms with E-state index in [4.69, 9.17) is 14.6 Å². The van der Waals surface area contributed by atoms with E-state index in [0.717, 1.165) is 0 Å². The number of hydrogen-bond acceptors (Lipinski definition) is 4. The summed E-state index contributed by atoms with van der Waals surface area (Å²) in [5.41, 5.74) is 0.408. The number of halogens is 1. The summed E-state index contributed by atoms with van der Waals surface area (Å²) in [4.78, 5) is 11.2. The highest BCUT2D eigenvalue weighted by atomic mass is 79.9. The molecule has 0 spiro atoms. The van der Waals surface area contributed by atoms with E-state index >= 15 is 0 Å². The zero-order valence-corrected chi connectivity index (χ0v) is 11.1. The molecule has 1 fully saturated rings. The molecule has 0 unspecified atom stereocenters. The second-order valence-electron chi connectivity index (χ2n) is 3.97. The third-order valence-corrected chi connectivity index (χ3v) is 3.53. The molecule has 2 rings (SSSR count). The lowest BCUT2D eigenvalue weighted by atomic mass is 10.00. The molecule has 0 saturated carbocycles. The Balaban J connectivity index is 2.42. The Hall–Kier alpha value is -0.950. The quantitative estimate of drug-likeness (QED) is 0.820. The highest BCUT2D eigenvalue weighted by Gasteiger charge is 2.44. The van der Waals surface area contributed by atoms with Crippen LogP contribution in [0.3, 0.4) is 0 Å². The van der Waals surface area contributed by atoms with Gasteiger partial charge < -0.3 is 19.7 Å². The molecule has 0 aliphatic carbocycles. The smallest absolute Gasteiger partial charge is 0.336 e. The summed E-state index contributed by atoms with van der Waals surface area (Å²) < 4.78 is 11.1. The fraction of sp³-hybridized carbons (Fsp3) is 0.417. The van der Waals surface area contributed by atoms with E-state index in [1.807, 2.05) is 0 Å². The minimum atomic E-state index is -1.38. The molecule has 0 radical (unpaired) electrons. The van der Waals surface area contributed by atoms with Gasteiger partial charge in [0.1, 0.15) is 6.61 Å². The fourth-order valence-electron chi connectivity index (χ4n) is 1.95. The first-order valence-corrected chi connectivity index (χ1v) is 6.56. The SMILES string of the molecule is O=C(O)c1ccccc1[C@@]1(CO)OC[C@H](CBr)O1. The normalized spacial score (nSPS) is 27.3. The van der Waals surface area contributed by atoms with E-state index in [-0.39, 0.29) is 11.7 Å². The van der Waals surface area contributed by atoms with Gasteiger partial charge in [0, 0.05) is 10.9 Å². The van der Waals surface area contributed by atoms with Gasteiger partial charge in [-0.1, -0.05) is 34.1 Å². The van der Waals surface area contributed by atoms with Crippen molar-refractivity contribution in [3.05, 3.63) is 35.4 Å². The molecule has 2 atom stereocenters. The molecule has 0 bridgehead atoms. The summed E-state index contributed by atoms with van der Waals surface area (Å²) in [5, 5.41) is 19.2. The number of ether oxygens (including phenoxy) is 2. The predicted molar refractivity (Wildman–Crippen MR) is 66.8 cm³/mol. The van der Waals surface area contributed by atoms with E-state index in [1.54, 1.807) is 18.2 Å². The molecule has 1 aromatic rings. The van der Waals surface area contributed by atoms with Gasteiger partial charge in [0.15, 0.2) is 0 Å². The van der Waals surface area contributed by atoms with Gasteiger partial charge in [-0.2, -0.15) is 0 Å². The lowest BCUT2D eigenvalue weighted by molar-refractivity contribution is -0.199. The number of aliphatic hydroxyl groups is 1. The van der Waals surface area contributed by atoms with Crippen molar-refractivity contribution in [2.75, 3.05) is 18.5 Å². The Kier molecular flexibility index (Phi) is 4.01. The standard InChI is InChI=1S/C12H13BrO5/c13-5-8-6-17-12(7-14,18-8)10-4-2-1-3-9(10)11(15)16/h1-4,8,14H,5-7H2,(H,15,16)/t8-,12-/m0/s1. The van der Waals surface area contributed by atoms with Crippen LogP contribution in [0.2, 0.25) is 0 Å². The number of carbonyl (C=O) groups is 1. The van der Waals surface area contributed by atoms with Crippen molar-refractivity contribution in [2.24, 2.45) is 0 Å². The lowest BCUT2D eigenvalue weighted by Gasteiger charge is -2.27. The predicted octanol–water partition coefficient (Wildman–Crippen LogP) is 1.34. The van der Waals surface area contributed by atoms with Crippen molar-refractivity contribution in [3.8, 4) is 0 Å². The van der Waals surface area contributed by atoms with Crippen LogP contribution in [0.4, 0.5) is 0 Å². The monoisotopic (exact) mass is 316 g/mol. The van der Waals surface area contributed by atoms with Gasteiger partial charge in [-0.3, -0.25) is 0 Å². The zero-order chi connectivity index (χ0) is 13.2. The van der Waals surface area contributed by atoms with Crippen LogP contribution in [0.25, 0.3) is 0 Å². The molecule has 1 aliphatic heterocycles. The molecule has 0 amide bonds. The number of aromatic carboxylic acids is 1.